The van der Waals surface area contributed by atoms with Gasteiger partial charge in [0.15, 0.2) is 0 Å². The van der Waals surface area contributed by atoms with Crippen LogP contribution in [0.5, 0.6) is 0 Å². The van der Waals surface area contributed by atoms with E-state index in [4.69, 9.17) is 9.47 Å². The van der Waals surface area contributed by atoms with Crippen molar-refractivity contribution >= 4 is 11.9 Å². The molecule has 0 radical (unpaired) electrons. The van der Waals surface area contributed by atoms with E-state index in [9.17, 15) is 9.59 Å². The van der Waals surface area contributed by atoms with Crippen LogP contribution in [0.3, 0.4) is 0 Å². The van der Waals surface area contributed by atoms with Gasteiger partial charge in [0.1, 0.15) is 6.10 Å². The molecule has 1 atom stereocenters. The van der Waals surface area contributed by atoms with Gasteiger partial charge in [-0.05, 0) is 19.8 Å². The van der Waals surface area contributed by atoms with Gasteiger partial charge in [-0.25, -0.2) is 0 Å². The molecule has 20 heavy (non-hydrogen) atoms. The fraction of sp³-hybridized carbons (Fsp3) is 0.875. The first-order chi connectivity index (χ1) is 9.60. The van der Waals surface area contributed by atoms with Crippen LogP contribution < -0.4 is 0 Å². The van der Waals surface area contributed by atoms with Gasteiger partial charge in [0.25, 0.3) is 0 Å². The molecule has 4 nitrogen and oxygen atoms in total. The van der Waals surface area contributed by atoms with E-state index in [1.807, 2.05) is 0 Å². The van der Waals surface area contributed by atoms with Crippen LogP contribution in [0.4, 0.5) is 0 Å². The van der Waals surface area contributed by atoms with Crippen LogP contribution in [0.15, 0.2) is 0 Å². The SMILES string of the molecule is CCCCCCOC(=O)C[C@@H](C)OC(=O)CCCCC. The van der Waals surface area contributed by atoms with E-state index in [-0.39, 0.29) is 18.4 Å². The van der Waals surface area contributed by atoms with Gasteiger partial charge < -0.3 is 9.47 Å². The fourth-order valence-corrected chi connectivity index (χ4v) is 1.85. The molecule has 0 aliphatic carbocycles. The molecule has 0 unspecified atom stereocenters. The third-order valence-electron chi connectivity index (χ3n) is 3.03. The van der Waals surface area contributed by atoms with Crippen molar-refractivity contribution in [3.05, 3.63) is 0 Å². The molecule has 0 aromatic heterocycles. The lowest BCUT2D eigenvalue weighted by molar-refractivity contribution is -0.154. The minimum absolute atomic E-state index is 0.146. The first-order valence-electron chi connectivity index (χ1n) is 7.95. The molecule has 0 saturated carbocycles. The normalized spacial score (nSPS) is 11.9. The van der Waals surface area contributed by atoms with Gasteiger partial charge in [-0.1, -0.05) is 46.0 Å². The Morgan fingerprint density at radius 2 is 1.55 bits per heavy atom. The molecule has 0 N–H and O–H groups in total. The Labute approximate surface area is 123 Å². The zero-order chi connectivity index (χ0) is 15.2. The molecule has 4 heteroatoms. The van der Waals surface area contributed by atoms with E-state index < -0.39 is 6.10 Å². The van der Waals surface area contributed by atoms with Crippen molar-refractivity contribution in [2.45, 2.75) is 84.7 Å². The maximum Gasteiger partial charge on any atom is 0.309 e. The summed E-state index contributed by atoms with van der Waals surface area (Å²) in [7, 11) is 0. The standard InChI is InChI=1S/C16H30O4/c1-4-6-8-10-12-19-16(18)13-14(3)20-15(17)11-9-7-5-2/h14H,4-13H2,1-3H3/t14-/m1/s1. The zero-order valence-electron chi connectivity index (χ0n) is 13.3. The maximum atomic E-state index is 11.5. The van der Waals surface area contributed by atoms with Crippen LogP contribution in [0.25, 0.3) is 0 Å². The number of hydrogen-bond donors (Lipinski definition) is 0. The van der Waals surface area contributed by atoms with Crippen LogP contribution in [0.2, 0.25) is 0 Å². The maximum absolute atomic E-state index is 11.5. The van der Waals surface area contributed by atoms with Crippen LogP contribution in [-0.4, -0.2) is 24.6 Å². The average Bonchev–Trinajstić information content (AvgIpc) is 2.38. The van der Waals surface area contributed by atoms with Gasteiger partial charge in [-0.15, -0.1) is 0 Å². The minimum atomic E-state index is -0.396. The van der Waals surface area contributed by atoms with Gasteiger partial charge in [-0.2, -0.15) is 0 Å². The van der Waals surface area contributed by atoms with Gasteiger partial charge in [0.05, 0.1) is 13.0 Å². The topological polar surface area (TPSA) is 52.6 Å². The lowest BCUT2D eigenvalue weighted by Gasteiger charge is -2.12. The smallest absolute Gasteiger partial charge is 0.309 e. The lowest BCUT2D eigenvalue weighted by Crippen LogP contribution is -2.20. The molecule has 0 rings (SSSR count). The molecule has 0 aliphatic rings. The van der Waals surface area contributed by atoms with E-state index in [1.54, 1.807) is 6.92 Å². The number of esters is 2. The summed E-state index contributed by atoms with van der Waals surface area (Å²) in [5.74, 6) is -0.503. The Hall–Kier alpha value is -1.06. The van der Waals surface area contributed by atoms with Crippen molar-refractivity contribution < 1.29 is 19.1 Å². The van der Waals surface area contributed by atoms with E-state index in [0.717, 1.165) is 32.1 Å². The van der Waals surface area contributed by atoms with E-state index >= 15 is 0 Å². The number of ether oxygens (including phenoxy) is 2. The van der Waals surface area contributed by atoms with Gasteiger partial charge in [0, 0.05) is 6.42 Å². The highest BCUT2D eigenvalue weighted by Crippen LogP contribution is 2.06. The Balaban J connectivity index is 3.60. The van der Waals surface area contributed by atoms with Crippen molar-refractivity contribution in [2.75, 3.05) is 6.61 Å². The van der Waals surface area contributed by atoms with Crippen molar-refractivity contribution in [3.63, 3.8) is 0 Å². The van der Waals surface area contributed by atoms with Crippen molar-refractivity contribution in [1.29, 1.82) is 0 Å². The molecule has 0 spiro atoms. The van der Waals surface area contributed by atoms with Gasteiger partial charge in [0.2, 0.25) is 0 Å². The molecule has 0 bridgehead atoms. The number of rotatable bonds is 12. The summed E-state index contributed by atoms with van der Waals surface area (Å²) in [4.78, 5) is 23.0. The molecule has 0 aromatic carbocycles. The van der Waals surface area contributed by atoms with Gasteiger partial charge >= 0.3 is 11.9 Å². The summed E-state index contributed by atoms with van der Waals surface area (Å²) < 4.78 is 10.3. The highest BCUT2D eigenvalue weighted by atomic mass is 16.6. The Bertz CT molecular complexity index is 263. The fourth-order valence-electron chi connectivity index (χ4n) is 1.85. The predicted molar refractivity (Wildman–Crippen MR) is 79.4 cm³/mol. The van der Waals surface area contributed by atoms with Crippen LogP contribution >= 0.6 is 0 Å². The quantitative estimate of drug-likeness (QED) is 0.402. The number of unbranched alkanes of at least 4 members (excludes halogenated alkanes) is 5. The Morgan fingerprint density at radius 1 is 0.900 bits per heavy atom. The summed E-state index contributed by atoms with van der Waals surface area (Å²) in [6.45, 7) is 6.43. The van der Waals surface area contributed by atoms with E-state index in [0.29, 0.717) is 13.0 Å². The summed E-state index contributed by atoms with van der Waals surface area (Å²) in [6, 6.07) is 0. The lowest BCUT2D eigenvalue weighted by atomic mass is 10.2. The summed E-state index contributed by atoms with van der Waals surface area (Å²) >= 11 is 0. The second kappa shape index (κ2) is 12.9. The summed E-state index contributed by atoms with van der Waals surface area (Å²) in [5.41, 5.74) is 0. The Kier molecular flexibility index (Phi) is 12.3. The molecular formula is C16H30O4. The summed E-state index contributed by atoms with van der Waals surface area (Å²) in [6.07, 6.45) is 7.48. The largest absolute Gasteiger partial charge is 0.466 e. The number of hydrogen-bond acceptors (Lipinski definition) is 4. The van der Waals surface area contributed by atoms with E-state index in [2.05, 4.69) is 13.8 Å². The average molecular weight is 286 g/mol. The highest BCUT2D eigenvalue weighted by molar-refractivity contribution is 5.72. The highest BCUT2D eigenvalue weighted by Gasteiger charge is 2.14. The number of carbonyl (C=O) groups excluding carboxylic acids is 2. The molecule has 0 heterocycles. The van der Waals surface area contributed by atoms with Gasteiger partial charge in [-0.3, -0.25) is 9.59 Å². The molecule has 0 fully saturated rings. The number of carbonyl (C=O) groups is 2. The van der Waals surface area contributed by atoms with Crippen LogP contribution in [0, 0.1) is 0 Å². The van der Waals surface area contributed by atoms with Crippen LogP contribution in [-0.2, 0) is 19.1 Å². The second-order valence-electron chi connectivity index (χ2n) is 5.24. The van der Waals surface area contributed by atoms with Crippen LogP contribution in [0.1, 0.15) is 78.6 Å². The minimum Gasteiger partial charge on any atom is -0.466 e. The predicted octanol–water partition coefficient (Wildman–Crippen LogP) is 4.01. The summed E-state index contributed by atoms with van der Waals surface area (Å²) in [5, 5.41) is 0. The molecule has 118 valence electrons. The molecular weight excluding hydrogens is 256 g/mol. The van der Waals surface area contributed by atoms with Crippen molar-refractivity contribution in [3.8, 4) is 0 Å². The Morgan fingerprint density at radius 3 is 2.20 bits per heavy atom. The van der Waals surface area contributed by atoms with E-state index in [1.165, 1.54) is 12.8 Å². The third kappa shape index (κ3) is 12.0. The second-order valence-corrected chi connectivity index (χ2v) is 5.24. The molecule has 0 aliphatic heterocycles. The molecule has 0 amide bonds. The monoisotopic (exact) mass is 286 g/mol. The first kappa shape index (κ1) is 18.9. The zero-order valence-corrected chi connectivity index (χ0v) is 13.3. The van der Waals surface area contributed by atoms with Crippen molar-refractivity contribution in [1.82, 2.24) is 0 Å². The van der Waals surface area contributed by atoms with Crippen molar-refractivity contribution in [2.24, 2.45) is 0 Å². The first-order valence-corrected chi connectivity index (χ1v) is 7.95. The molecule has 0 saturated heterocycles. The molecule has 0 aromatic rings. The third-order valence-corrected chi connectivity index (χ3v) is 3.03.